The van der Waals surface area contributed by atoms with Crippen LogP contribution in [0.3, 0.4) is 0 Å². The Labute approximate surface area is 110 Å². The van der Waals surface area contributed by atoms with E-state index in [-0.39, 0.29) is 24.2 Å². The summed E-state index contributed by atoms with van der Waals surface area (Å²) in [6.07, 6.45) is 2.14. The van der Waals surface area contributed by atoms with E-state index in [2.05, 4.69) is 4.98 Å². The van der Waals surface area contributed by atoms with Gasteiger partial charge in [-0.25, -0.2) is 9.78 Å². The van der Waals surface area contributed by atoms with Crippen LogP contribution in [0.5, 0.6) is 5.88 Å². The van der Waals surface area contributed by atoms with E-state index in [0.29, 0.717) is 13.2 Å². The fourth-order valence-electron chi connectivity index (χ4n) is 2.39. The minimum absolute atomic E-state index is 0.102. The van der Waals surface area contributed by atoms with Gasteiger partial charge in [-0.3, -0.25) is 0 Å². The molecule has 0 N–H and O–H groups in total. The number of pyridine rings is 1. The first-order valence-electron chi connectivity index (χ1n) is 6.35. The Morgan fingerprint density at radius 1 is 1.37 bits per heavy atom. The molecule has 6 nitrogen and oxygen atoms in total. The molecule has 6 heteroatoms. The van der Waals surface area contributed by atoms with Gasteiger partial charge in [0.25, 0.3) is 0 Å². The highest BCUT2D eigenvalue weighted by atomic mass is 16.8. The third-order valence-electron chi connectivity index (χ3n) is 3.29. The molecule has 0 bridgehead atoms. The molecule has 3 heterocycles. The third-order valence-corrected chi connectivity index (χ3v) is 3.29. The molecule has 2 aliphatic rings. The topological polar surface area (TPSA) is 66.9 Å². The van der Waals surface area contributed by atoms with Crippen molar-refractivity contribution in [3.05, 3.63) is 24.4 Å². The van der Waals surface area contributed by atoms with Gasteiger partial charge in [-0.15, -0.1) is 0 Å². The lowest BCUT2D eigenvalue weighted by Crippen LogP contribution is -2.34. The van der Waals surface area contributed by atoms with Gasteiger partial charge in [0.2, 0.25) is 5.88 Å². The second-order valence-corrected chi connectivity index (χ2v) is 4.55. The molecule has 0 unspecified atom stereocenters. The molecule has 0 spiro atoms. The number of aromatic nitrogens is 1. The highest BCUT2D eigenvalue weighted by Crippen LogP contribution is 2.32. The monoisotopic (exact) mass is 265 g/mol. The van der Waals surface area contributed by atoms with Gasteiger partial charge in [0.05, 0.1) is 6.61 Å². The van der Waals surface area contributed by atoms with E-state index in [1.165, 1.54) is 0 Å². The van der Waals surface area contributed by atoms with E-state index >= 15 is 0 Å². The smallest absolute Gasteiger partial charge is 0.428 e. The molecule has 3 atom stereocenters. The molecule has 0 amide bonds. The van der Waals surface area contributed by atoms with E-state index in [1.54, 1.807) is 24.4 Å². The van der Waals surface area contributed by atoms with Gasteiger partial charge in [-0.05, 0) is 18.9 Å². The molecule has 0 radical (unpaired) electrons. The van der Waals surface area contributed by atoms with Crippen LogP contribution in [0.4, 0.5) is 4.79 Å². The minimum Gasteiger partial charge on any atom is -0.428 e. The Bertz CT molecular complexity index is 438. The molecule has 19 heavy (non-hydrogen) atoms. The first-order valence-corrected chi connectivity index (χ1v) is 6.35. The lowest BCUT2D eigenvalue weighted by atomic mass is 9.97. The summed E-state index contributed by atoms with van der Waals surface area (Å²) in [6, 6.07) is 5.07. The molecule has 0 saturated carbocycles. The van der Waals surface area contributed by atoms with Crippen molar-refractivity contribution in [1.82, 2.24) is 4.98 Å². The fourth-order valence-corrected chi connectivity index (χ4v) is 2.39. The van der Waals surface area contributed by atoms with Crippen LogP contribution in [0.15, 0.2) is 24.4 Å². The summed E-state index contributed by atoms with van der Waals surface area (Å²) >= 11 is 0. The summed E-state index contributed by atoms with van der Waals surface area (Å²) < 4.78 is 21.2. The van der Waals surface area contributed by atoms with Gasteiger partial charge in [0.1, 0.15) is 6.10 Å². The summed E-state index contributed by atoms with van der Waals surface area (Å²) in [5.74, 6) is 0.327. The zero-order valence-corrected chi connectivity index (χ0v) is 10.4. The number of ether oxygens (including phenoxy) is 4. The Morgan fingerprint density at radius 3 is 3.16 bits per heavy atom. The fraction of sp³-hybridized carbons (Fsp3) is 0.538. The Morgan fingerprint density at radius 2 is 2.32 bits per heavy atom. The summed E-state index contributed by atoms with van der Waals surface area (Å²) in [5, 5.41) is 0. The van der Waals surface area contributed by atoms with E-state index in [4.69, 9.17) is 18.9 Å². The molecule has 2 saturated heterocycles. The SMILES string of the molecule is O=C(Oc1ccccn1)O[C@@H]1CO[C@@H]2OCCC[C@@H]21. The number of hydrogen-bond acceptors (Lipinski definition) is 6. The van der Waals surface area contributed by atoms with Crippen LogP contribution in [0.1, 0.15) is 12.8 Å². The van der Waals surface area contributed by atoms with Gasteiger partial charge in [-0.2, -0.15) is 0 Å². The van der Waals surface area contributed by atoms with Crippen molar-refractivity contribution in [2.45, 2.75) is 25.2 Å². The summed E-state index contributed by atoms with van der Waals surface area (Å²) in [7, 11) is 0. The zero-order chi connectivity index (χ0) is 13.1. The van der Waals surface area contributed by atoms with Crippen LogP contribution in [0.25, 0.3) is 0 Å². The number of hydrogen-bond donors (Lipinski definition) is 0. The first-order chi connectivity index (χ1) is 9.33. The van der Waals surface area contributed by atoms with Gasteiger partial charge in [0, 0.05) is 24.8 Å². The maximum atomic E-state index is 11.7. The van der Waals surface area contributed by atoms with Crippen LogP contribution >= 0.6 is 0 Å². The number of nitrogens with zero attached hydrogens (tertiary/aromatic N) is 1. The lowest BCUT2D eigenvalue weighted by Gasteiger charge is -2.26. The average Bonchev–Trinajstić information content (AvgIpc) is 2.83. The van der Waals surface area contributed by atoms with Crippen LogP contribution in [0.2, 0.25) is 0 Å². The van der Waals surface area contributed by atoms with Crippen molar-refractivity contribution in [3.8, 4) is 5.88 Å². The van der Waals surface area contributed by atoms with Crippen molar-refractivity contribution in [3.63, 3.8) is 0 Å². The van der Waals surface area contributed by atoms with Gasteiger partial charge in [-0.1, -0.05) is 6.07 Å². The average molecular weight is 265 g/mol. The molecule has 0 aromatic carbocycles. The molecule has 0 aliphatic carbocycles. The second kappa shape index (κ2) is 5.54. The Hall–Kier alpha value is -1.66. The Balaban J connectivity index is 1.55. The number of carbonyl (C=O) groups is 1. The standard InChI is InChI=1S/C13H15NO5/c15-13(19-11-5-1-2-6-14-11)18-10-8-17-12-9(10)4-3-7-16-12/h1-2,5-6,9-10,12H,3-4,7-8H2/t9-,10-,12+/m1/s1. The third kappa shape index (κ3) is 2.85. The summed E-state index contributed by atoms with van der Waals surface area (Å²) in [5.41, 5.74) is 0. The number of rotatable bonds is 2. The van der Waals surface area contributed by atoms with Crippen molar-refractivity contribution in [2.75, 3.05) is 13.2 Å². The van der Waals surface area contributed by atoms with Gasteiger partial charge < -0.3 is 18.9 Å². The zero-order valence-electron chi connectivity index (χ0n) is 10.4. The molecule has 2 aliphatic heterocycles. The maximum absolute atomic E-state index is 11.7. The van der Waals surface area contributed by atoms with Crippen molar-refractivity contribution in [1.29, 1.82) is 0 Å². The quantitative estimate of drug-likeness (QED) is 0.759. The summed E-state index contributed by atoms with van der Waals surface area (Å²) in [6.45, 7) is 1.05. The van der Waals surface area contributed by atoms with E-state index in [9.17, 15) is 4.79 Å². The highest BCUT2D eigenvalue weighted by molar-refractivity contribution is 5.63. The molecule has 2 fully saturated rings. The van der Waals surface area contributed by atoms with Crippen LogP contribution in [-0.4, -0.2) is 36.7 Å². The van der Waals surface area contributed by atoms with E-state index in [1.807, 2.05) is 0 Å². The second-order valence-electron chi connectivity index (χ2n) is 4.55. The molecule has 1 aromatic rings. The van der Waals surface area contributed by atoms with Crippen molar-refractivity contribution < 1.29 is 23.7 Å². The number of fused-ring (bicyclic) bond motifs is 1. The van der Waals surface area contributed by atoms with Gasteiger partial charge in [0.15, 0.2) is 6.29 Å². The molecular weight excluding hydrogens is 250 g/mol. The van der Waals surface area contributed by atoms with E-state index in [0.717, 1.165) is 12.8 Å². The van der Waals surface area contributed by atoms with Crippen molar-refractivity contribution >= 4 is 6.16 Å². The van der Waals surface area contributed by atoms with Crippen LogP contribution in [0, 0.1) is 5.92 Å². The van der Waals surface area contributed by atoms with E-state index < -0.39 is 6.16 Å². The first kappa shape index (κ1) is 12.4. The molecule has 3 rings (SSSR count). The predicted molar refractivity (Wildman–Crippen MR) is 63.6 cm³/mol. The minimum atomic E-state index is -0.751. The lowest BCUT2D eigenvalue weighted by molar-refractivity contribution is -0.152. The predicted octanol–water partition coefficient (Wildman–Crippen LogP) is 1.75. The molecule has 102 valence electrons. The van der Waals surface area contributed by atoms with Crippen LogP contribution in [-0.2, 0) is 14.2 Å². The largest absolute Gasteiger partial charge is 0.515 e. The number of carbonyl (C=O) groups excluding carboxylic acids is 1. The Kier molecular flexibility index (Phi) is 3.61. The van der Waals surface area contributed by atoms with Crippen LogP contribution < -0.4 is 4.74 Å². The maximum Gasteiger partial charge on any atom is 0.515 e. The molecular formula is C13H15NO5. The van der Waals surface area contributed by atoms with Crippen molar-refractivity contribution in [2.24, 2.45) is 5.92 Å². The molecule has 1 aromatic heterocycles. The normalized spacial score (nSPS) is 29.6. The highest BCUT2D eigenvalue weighted by Gasteiger charge is 2.42. The van der Waals surface area contributed by atoms with Gasteiger partial charge >= 0.3 is 6.16 Å². The summed E-state index contributed by atoms with van der Waals surface area (Å²) in [4.78, 5) is 15.6.